The second-order valence-corrected chi connectivity index (χ2v) is 10.0. The fourth-order valence-electron chi connectivity index (χ4n) is 1.89. The molecule has 1 N–H and O–H groups in total. The van der Waals surface area contributed by atoms with Crippen LogP contribution in [0, 0.1) is 0 Å². The molecule has 1 aliphatic rings. The maximum absolute atomic E-state index is 11.3. The zero-order valence-electron chi connectivity index (χ0n) is 12.0. The van der Waals surface area contributed by atoms with Gasteiger partial charge in [-0.15, -0.1) is 11.8 Å². The molecule has 2 rings (SSSR count). The van der Waals surface area contributed by atoms with E-state index in [-0.39, 0.29) is 22.3 Å². The van der Waals surface area contributed by atoms with Crippen molar-refractivity contribution in [1.82, 2.24) is 15.5 Å². The number of thioether (sulfide) groups is 1. The van der Waals surface area contributed by atoms with Crippen LogP contribution in [-0.4, -0.2) is 40.9 Å². The first-order valence-corrected chi connectivity index (χ1v) is 9.43. The molecule has 0 amide bonds. The van der Waals surface area contributed by atoms with Crippen LogP contribution in [0.4, 0.5) is 0 Å². The van der Waals surface area contributed by atoms with E-state index < -0.39 is 9.84 Å². The second kappa shape index (κ2) is 6.03. The third-order valence-electron chi connectivity index (χ3n) is 2.92. The van der Waals surface area contributed by atoms with Crippen LogP contribution in [0.2, 0.25) is 0 Å². The van der Waals surface area contributed by atoms with Gasteiger partial charge in [0.2, 0.25) is 5.89 Å². The zero-order valence-corrected chi connectivity index (χ0v) is 13.7. The molecule has 2 heterocycles. The Bertz CT molecular complexity index is 549. The Labute approximate surface area is 124 Å². The number of hydrogen-bond acceptors (Lipinski definition) is 7. The maximum atomic E-state index is 11.3. The van der Waals surface area contributed by atoms with Crippen LogP contribution in [0.25, 0.3) is 0 Å². The first kappa shape index (κ1) is 15.8. The summed E-state index contributed by atoms with van der Waals surface area (Å²) in [7, 11) is -2.85. The minimum atomic E-state index is -2.85. The van der Waals surface area contributed by atoms with Gasteiger partial charge in [0.05, 0.1) is 23.8 Å². The molecular weight excluding hydrogens is 298 g/mol. The molecule has 0 spiro atoms. The van der Waals surface area contributed by atoms with Gasteiger partial charge >= 0.3 is 0 Å². The van der Waals surface area contributed by atoms with Gasteiger partial charge in [-0.2, -0.15) is 4.98 Å². The quantitative estimate of drug-likeness (QED) is 0.877. The summed E-state index contributed by atoms with van der Waals surface area (Å²) >= 11 is 1.76. The van der Waals surface area contributed by atoms with Gasteiger partial charge in [-0.3, -0.25) is 0 Å². The number of rotatable bonds is 5. The zero-order chi connectivity index (χ0) is 14.8. The topological polar surface area (TPSA) is 85.1 Å². The normalized spacial score (nSPS) is 22.2. The summed E-state index contributed by atoms with van der Waals surface area (Å²) in [5, 5.41) is 7.08. The highest BCUT2D eigenvalue weighted by molar-refractivity contribution is 7.99. The van der Waals surface area contributed by atoms with E-state index in [0.717, 1.165) is 0 Å². The molecule has 1 fully saturated rings. The molecule has 114 valence electrons. The first-order chi connectivity index (χ1) is 9.23. The Kier molecular flexibility index (Phi) is 4.76. The summed E-state index contributed by atoms with van der Waals surface area (Å²) in [5.74, 6) is 2.38. The number of nitrogens with one attached hydrogen (secondary N) is 1. The molecule has 0 radical (unpaired) electrons. The standard InChI is InChI=1S/C12H21N3O3S2/c1-12(2,3)19-7-10-14-11(18-15-10)6-13-9-4-5-20(16,17)8-9/h9,13H,4-8H2,1-3H3. The highest BCUT2D eigenvalue weighted by Gasteiger charge is 2.27. The van der Waals surface area contributed by atoms with E-state index in [4.69, 9.17) is 4.52 Å². The van der Waals surface area contributed by atoms with Gasteiger partial charge < -0.3 is 9.84 Å². The lowest BCUT2D eigenvalue weighted by atomic mass is 10.3. The third kappa shape index (κ3) is 5.06. The van der Waals surface area contributed by atoms with Gasteiger partial charge in [0.25, 0.3) is 0 Å². The number of sulfone groups is 1. The molecule has 1 aromatic heterocycles. The van der Waals surface area contributed by atoms with Gasteiger partial charge in [-0.25, -0.2) is 8.42 Å². The van der Waals surface area contributed by atoms with E-state index in [2.05, 4.69) is 36.2 Å². The Morgan fingerprint density at radius 3 is 2.80 bits per heavy atom. The van der Waals surface area contributed by atoms with Crippen molar-refractivity contribution in [3.05, 3.63) is 11.7 Å². The summed E-state index contributed by atoms with van der Waals surface area (Å²) in [4.78, 5) is 4.30. The average Bonchev–Trinajstić information content (AvgIpc) is 2.89. The predicted octanol–water partition coefficient (Wildman–Crippen LogP) is 1.38. The molecule has 1 saturated heterocycles. The molecule has 6 nitrogen and oxygen atoms in total. The Morgan fingerprint density at radius 1 is 1.45 bits per heavy atom. The molecule has 8 heteroatoms. The largest absolute Gasteiger partial charge is 0.338 e. The van der Waals surface area contributed by atoms with Gasteiger partial charge in [-0.1, -0.05) is 25.9 Å². The van der Waals surface area contributed by atoms with Crippen molar-refractivity contribution in [2.75, 3.05) is 11.5 Å². The minimum Gasteiger partial charge on any atom is -0.338 e. The lowest BCUT2D eigenvalue weighted by molar-refractivity contribution is 0.357. The molecule has 1 aliphatic heterocycles. The molecule has 1 atom stereocenters. The van der Waals surface area contributed by atoms with Crippen LogP contribution in [-0.2, 0) is 22.1 Å². The summed E-state index contributed by atoms with van der Waals surface area (Å²) in [6.45, 7) is 6.84. The van der Waals surface area contributed by atoms with Crippen molar-refractivity contribution in [1.29, 1.82) is 0 Å². The second-order valence-electron chi connectivity index (χ2n) is 5.99. The predicted molar refractivity (Wildman–Crippen MR) is 79.2 cm³/mol. The van der Waals surface area contributed by atoms with Crippen LogP contribution in [0.15, 0.2) is 4.52 Å². The van der Waals surface area contributed by atoms with Gasteiger partial charge in [0.15, 0.2) is 15.7 Å². The minimum absolute atomic E-state index is 0.000648. The van der Waals surface area contributed by atoms with Crippen LogP contribution in [0.5, 0.6) is 0 Å². The van der Waals surface area contributed by atoms with Crippen molar-refractivity contribution < 1.29 is 12.9 Å². The van der Waals surface area contributed by atoms with Crippen molar-refractivity contribution in [2.45, 2.75) is 50.3 Å². The van der Waals surface area contributed by atoms with Crippen molar-refractivity contribution >= 4 is 21.6 Å². The van der Waals surface area contributed by atoms with Gasteiger partial charge in [0, 0.05) is 10.8 Å². The van der Waals surface area contributed by atoms with Crippen molar-refractivity contribution in [3.8, 4) is 0 Å². The van der Waals surface area contributed by atoms with Crippen molar-refractivity contribution in [2.24, 2.45) is 0 Å². The van der Waals surface area contributed by atoms with E-state index >= 15 is 0 Å². The highest BCUT2D eigenvalue weighted by Crippen LogP contribution is 2.26. The fraction of sp³-hybridized carbons (Fsp3) is 0.833. The third-order valence-corrected chi connectivity index (χ3v) is 5.96. The van der Waals surface area contributed by atoms with Gasteiger partial charge in [-0.05, 0) is 6.42 Å². The molecule has 0 aliphatic carbocycles. The Morgan fingerprint density at radius 2 is 2.20 bits per heavy atom. The fourth-order valence-corrected chi connectivity index (χ4v) is 4.28. The highest BCUT2D eigenvalue weighted by atomic mass is 32.2. The molecule has 0 aromatic carbocycles. The van der Waals surface area contributed by atoms with Crippen LogP contribution >= 0.6 is 11.8 Å². The van der Waals surface area contributed by atoms with Crippen LogP contribution in [0.3, 0.4) is 0 Å². The van der Waals surface area contributed by atoms with Crippen LogP contribution in [0.1, 0.15) is 38.9 Å². The maximum Gasteiger partial charge on any atom is 0.240 e. The van der Waals surface area contributed by atoms with E-state index in [0.29, 0.717) is 30.4 Å². The molecular formula is C12H21N3O3S2. The molecule has 0 saturated carbocycles. The number of aromatic nitrogens is 2. The molecule has 1 unspecified atom stereocenters. The summed E-state index contributed by atoms with van der Waals surface area (Å²) in [6.07, 6.45) is 0.656. The van der Waals surface area contributed by atoms with Crippen molar-refractivity contribution in [3.63, 3.8) is 0 Å². The first-order valence-electron chi connectivity index (χ1n) is 6.63. The smallest absolute Gasteiger partial charge is 0.240 e. The SMILES string of the molecule is CC(C)(C)SCc1noc(CNC2CCS(=O)(=O)C2)n1. The monoisotopic (exact) mass is 319 g/mol. The molecule has 0 bridgehead atoms. The van der Waals surface area contributed by atoms with E-state index in [1.54, 1.807) is 11.8 Å². The van der Waals surface area contributed by atoms with Gasteiger partial charge in [0.1, 0.15) is 0 Å². The summed E-state index contributed by atoms with van der Waals surface area (Å²) in [5.41, 5.74) is 0. The van der Waals surface area contributed by atoms with Crippen LogP contribution < -0.4 is 5.32 Å². The van der Waals surface area contributed by atoms with E-state index in [1.165, 1.54) is 0 Å². The Balaban J connectivity index is 1.79. The molecule has 1 aromatic rings. The van der Waals surface area contributed by atoms with E-state index in [1.807, 2.05) is 0 Å². The number of hydrogen-bond donors (Lipinski definition) is 1. The summed E-state index contributed by atoms with van der Waals surface area (Å²) < 4.78 is 28.0. The number of nitrogens with zero attached hydrogens (tertiary/aromatic N) is 2. The molecule has 20 heavy (non-hydrogen) atoms. The summed E-state index contributed by atoms with van der Waals surface area (Å²) in [6, 6.07) is -0.000648. The Hall–Kier alpha value is -0.600. The lowest BCUT2D eigenvalue weighted by Gasteiger charge is -2.15. The lowest BCUT2D eigenvalue weighted by Crippen LogP contribution is -2.29. The average molecular weight is 319 g/mol. The van der Waals surface area contributed by atoms with E-state index in [9.17, 15) is 8.42 Å².